The van der Waals surface area contributed by atoms with E-state index in [0.29, 0.717) is 24.5 Å². The lowest BCUT2D eigenvalue weighted by Gasteiger charge is -2.11. The molecule has 1 atom stereocenters. The second-order valence-electron chi connectivity index (χ2n) is 5.20. The predicted octanol–water partition coefficient (Wildman–Crippen LogP) is 1.88. The van der Waals surface area contributed by atoms with E-state index in [-0.39, 0.29) is 18.9 Å². The number of methoxy groups -OCH3 is 1. The molecule has 128 valence electrons. The van der Waals surface area contributed by atoms with E-state index in [1.807, 2.05) is 30.3 Å². The van der Waals surface area contributed by atoms with E-state index < -0.39 is 12.1 Å². The van der Waals surface area contributed by atoms with Gasteiger partial charge in [-0.05, 0) is 6.42 Å². The summed E-state index contributed by atoms with van der Waals surface area (Å²) in [4.78, 5) is 26.7. The average molecular weight is 332 g/mol. The van der Waals surface area contributed by atoms with Crippen molar-refractivity contribution in [3.05, 3.63) is 42.4 Å². The molecule has 0 saturated heterocycles. The summed E-state index contributed by atoms with van der Waals surface area (Å²) >= 11 is 0. The SMILES string of the molecule is COC(CNC(=O)CCCc1ncc(-c2ccccc2)o1)C(=O)O. The molecule has 1 heterocycles. The van der Waals surface area contributed by atoms with Crippen LogP contribution in [0.3, 0.4) is 0 Å². The lowest BCUT2D eigenvalue weighted by atomic mass is 10.2. The standard InChI is InChI=1S/C17H20N2O5/c1-23-14(17(21)22)11-18-15(20)8-5-9-16-19-10-13(24-16)12-6-3-2-4-7-12/h2-4,6-7,10,14H,5,8-9,11H2,1H3,(H,18,20)(H,21,22). The van der Waals surface area contributed by atoms with E-state index in [9.17, 15) is 9.59 Å². The van der Waals surface area contributed by atoms with Crippen molar-refractivity contribution < 1.29 is 23.8 Å². The Morgan fingerprint density at radius 3 is 2.75 bits per heavy atom. The number of nitrogens with one attached hydrogen (secondary N) is 1. The number of aromatic nitrogens is 1. The molecule has 0 bridgehead atoms. The number of ether oxygens (including phenoxy) is 1. The first-order chi connectivity index (χ1) is 11.6. The highest BCUT2D eigenvalue weighted by atomic mass is 16.5. The molecule has 1 unspecified atom stereocenters. The second kappa shape index (κ2) is 8.83. The van der Waals surface area contributed by atoms with Crippen LogP contribution < -0.4 is 5.32 Å². The van der Waals surface area contributed by atoms with Crippen molar-refractivity contribution in [1.82, 2.24) is 10.3 Å². The number of nitrogens with zero attached hydrogens (tertiary/aromatic N) is 1. The third kappa shape index (κ3) is 5.20. The quantitative estimate of drug-likeness (QED) is 0.727. The zero-order valence-electron chi connectivity index (χ0n) is 13.4. The summed E-state index contributed by atoms with van der Waals surface area (Å²) in [6.45, 7) is -0.0537. The van der Waals surface area contributed by atoms with Crippen LogP contribution in [-0.4, -0.2) is 41.7 Å². The molecule has 7 nitrogen and oxygen atoms in total. The molecule has 0 fully saturated rings. The molecular weight excluding hydrogens is 312 g/mol. The van der Waals surface area contributed by atoms with Crippen LogP contribution in [0.4, 0.5) is 0 Å². The molecule has 0 aliphatic heterocycles. The van der Waals surface area contributed by atoms with Gasteiger partial charge in [0.2, 0.25) is 5.91 Å². The molecule has 0 aliphatic carbocycles. The number of benzene rings is 1. The number of rotatable bonds is 9. The highest BCUT2D eigenvalue weighted by Gasteiger charge is 2.17. The van der Waals surface area contributed by atoms with Crippen LogP contribution in [0.2, 0.25) is 0 Å². The molecular formula is C17H20N2O5. The van der Waals surface area contributed by atoms with Gasteiger partial charge in [0.15, 0.2) is 17.8 Å². The Labute approximate surface area is 139 Å². The Morgan fingerprint density at radius 1 is 1.33 bits per heavy atom. The summed E-state index contributed by atoms with van der Waals surface area (Å²) in [5.41, 5.74) is 0.952. The van der Waals surface area contributed by atoms with Crippen LogP contribution in [0.15, 0.2) is 40.9 Å². The summed E-state index contributed by atoms with van der Waals surface area (Å²) < 4.78 is 10.4. The van der Waals surface area contributed by atoms with Crippen molar-refractivity contribution in [3.8, 4) is 11.3 Å². The number of aryl methyl sites for hydroxylation is 1. The summed E-state index contributed by atoms with van der Waals surface area (Å²) in [7, 11) is 1.29. The third-order valence-corrected chi connectivity index (χ3v) is 3.45. The summed E-state index contributed by atoms with van der Waals surface area (Å²) in [6.07, 6.45) is 1.99. The Hall–Kier alpha value is -2.67. The molecule has 7 heteroatoms. The first kappa shape index (κ1) is 17.7. The average Bonchev–Trinajstić information content (AvgIpc) is 3.05. The van der Waals surface area contributed by atoms with Gasteiger partial charge in [0.05, 0.1) is 12.7 Å². The fourth-order valence-electron chi connectivity index (χ4n) is 2.13. The minimum absolute atomic E-state index is 0.0537. The van der Waals surface area contributed by atoms with E-state index in [1.54, 1.807) is 6.20 Å². The van der Waals surface area contributed by atoms with Crippen molar-refractivity contribution in [2.45, 2.75) is 25.4 Å². The molecule has 0 aliphatic rings. The minimum Gasteiger partial charge on any atom is -0.479 e. The van der Waals surface area contributed by atoms with E-state index in [0.717, 1.165) is 5.56 Å². The first-order valence-corrected chi connectivity index (χ1v) is 7.62. The Bertz CT molecular complexity index is 669. The zero-order valence-corrected chi connectivity index (χ0v) is 13.4. The highest BCUT2D eigenvalue weighted by Crippen LogP contribution is 2.20. The van der Waals surface area contributed by atoms with Crippen molar-refractivity contribution in [3.63, 3.8) is 0 Å². The van der Waals surface area contributed by atoms with Crippen molar-refractivity contribution in [2.24, 2.45) is 0 Å². The van der Waals surface area contributed by atoms with Crippen LogP contribution in [0.25, 0.3) is 11.3 Å². The number of hydrogen-bond donors (Lipinski definition) is 2. The predicted molar refractivity (Wildman–Crippen MR) is 86.3 cm³/mol. The molecule has 2 aromatic rings. The molecule has 24 heavy (non-hydrogen) atoms. The number of carbonyl (C=O) groups is 2. The molecule has 0 spiro atoms. The Morgan fingerprint density at radius 2 is 2.08 bits per heavy atom. The molecule has 1 amide bonds. The lowest BCUT2D eigenvalue weighted by molar-refractivity contribution is -0.148. The van der Waals surface area contributed by atoms with E-state index >= 15 is 0 Å². The monoisotopic (exact) mass is 332 g/mol. The summed E-state index contributed by atoms with van der Waals surface area (Å²) in [5.74, 6) is -0.0689. The Kier molecular flexibility index (Phi) is 6.51. The van der Waals surface area contributed by atoms with Gasteiger partial charge in [0, 0.05) is 25.5 Å². The van der Waals surface area contributed by atoms with E-state index in [1.165, 1.54) is 7.11 Å². The van der Waals surface area contributed by atoms with Gasteiger partial charge in [0.25, 0.3) is 0 Å². The van der Waals surface area contributed by atoms with E-state index in [4.69, 9.17) is 14.3 Å². The van der Waals surface area contributed by atoms with Gasteiger partial charge in [-0.25, -0.2) is 9.78 Å². The van der Waals surface area contributed by atoms with Crippen LogP contribution in [0.1, 0.15) is 18.7 Å². The first-order valence-electron chi connectivity index (χ1n) is 7.62. The smallest absolute Gasteiger partial charge is 0.334 e. The number of amides is 1. The van der Waals surface area contributed by atoms with Gasteiger partial charge in [-0.2, -0.15) is 0 Å². The number of oxazole rings is 1. The van der Waals surface area contributed by atoms with Crippen molar-refractivity contribution in [1.29, 1.82) is 0 Å². The number of carboxylic acids is 1. The number of carbonyl (C=O) groups excluding carboxylic acids is 1. The van der Waals surface area contributed by atoms with Gasteiger partial charge < -0.3 is 19.6 Å². The highest BCUT2D eigenvalue weighted by molar-refractivity contribution is 5.78. The van der Waals surface area contributed by atoms with Gasteiger partial charge >= 0.3 is 5.97 Å². The van der Waals surface area contributed by atoms with Crippen LogP contribution in [0.5, 0.6) is 0 Å². The lowest BCUT2D eigenvalue weighted by Crippen LogP contribution is -2.37. The van der Waals surface area contributed by atoms with Gasteiger partial charge in [-0.3, -0.25) is 4.79 Å². The maximum absolute atomic E-state index is 11.7. The minimum atomic E-state index is -1.11. The topological polar surface area (TPSA) is 102 Å². The van der Waals surface area contributed by atoms with Crippen LogP contribution in [0, 0.1) is 0 Å². The molecule has 2 rings (SSSR count). The molecule has 2 N–H and O–H groups in total. The number of carboxylic acid groups (broad SMARTS) is 1. The summed E-state index contributed by atoms with van der Waals surface area (Å²) in [5, 5.41) is 11.3. The Balaban J connectivity index is 1.73. The maximum Gasteiger partial charge on any atom is 0.334 e. The van der Waals surface area contributed by atoms with Gasteiger partial charge in [-0.15, -0.1) is 0 Å². The molecule has 0 radical (unpaired) electrons. The number of hydrogen-bond acceptors (Lipinski definition) is 5. The second-order valence-corrected chi connectivity index (χ2v) is 5.20. The fraction of sp³-hybridized carbons (Fsp3) is 0.353. The van der Waals surface area contributed by atoms with Gasteiger partial charge in [-0.1, -0.05) is 30.3 Å². The third-order valence-electron chi connectivity index (χ3n) is 3.45. The van der Waals surface area contributed by atoms with Crippen molar-refractivity contribution in [2.75, 3.05) is 13.7 Å². The van der Waals surface area contributed by atoms with Crippen LogP contribution in [-0.2, 0) is 20.7 Å². The fourth-order valence-corrected chi connectivity index (χ4v) is 2.13. The van der Waals surface area contributed by atoms with Crippen LogP contribution >= 0.6 is 0 Å². The normalized spacial score (nSPS) is 11.9. The molecule has 1 aromatic carbocycles. The van der Waals surface area contributed by atoms with E-state index in [2.05, 4.69) is 10.3 Å². The summed E-state index contributed by atoms with van der Waals surface area (Å²) in [6, 6.07) is 9.65. The number of aliphatic carboxylic acids is 1. The van der Waals surface area contributed by atoms with Crippen molar-refractivity contribution >= 4 is 11.9 Å². The largest absolute Gasteiger partial charge is 0.479 e. The van der Waals surface area contributed by atoms with Gasteiger partial charge in [0.1, 0.15) is 0 Å². The maximum atomic E-state index is 11.7. The molecule has 0 saturated carbocycles. The molecule has 1 aromatic heterocycles. The zero-order chi connectivity index (χ0) is 17.4.